The van der Waals surface area contributed by atoms with Crippen LogP contribution in [0.3, 0.4) is 0 Å². The molecule has 1 fully saturated rings. The lowest BCUT2D eigenvalue weighted by molar-refractivity contribution is 0.0704. The van der Waals surface area contributed by atoms with E-state index in [1.165, 1.54) is 0 Å². The molecule has 0 bridgehead atoms. The molecule has 1 atom stereocenters. The predicted octanol–water partition coefficient (Wildman–Crippen LogP) is 2.44. The van der Waals surface area contributed by atoms with Crippen molar-refractivity contribution in [2.45, 2.75) is 18.9 Å². The third-order valence-corrected chi connectivity index (χ3v) is 4.00. The van der Waals surface area contributed by atoms with Crippen LogP contribution in [0.4, 0.5) is 0 Å². The largest absolute Gasteiger partial charge is 0.337 e. The topological polar surface area (TPSA) is 87.9 Å². The predicted molar refractivity (Wildman–Crippen MR) is 81.3 cm³/mol. The highest BCUT2D eigenvalue weighted by Crippen LogP contribution is 2.32. The molecule has 0 saturated carbocycles. The number of aromatic amines is 1. The third kappa shape index (κ3) is 2.50. The van der Waals surface area contributed by atoms with Gasteiger partial charge in [-0.25, -0.2) is 0 Å². The van der Waals surface area contributed by atoms with Crippen LogP contribution in [0.1, 0.15) is 35.3 Å². The highest BCUT2D eigenvalue weighted by molar-refractivity contribution is 5.92. The fourth-order valence-corrected chi connectivity index (χ4v) is 2.87. The van der Waals surface area contributed by atoms with E-state index in [4.69, 9.17) is 4.52 Å². The van der Waals surface area contributed by atoms with Crippen LogP contribution in [0.15, 0.2) is 47.1 Å². The van der Waals surface area contributed by atoms with Crippen molar-refractivity contribution in [2.75, 3.05) is 6.54 Å². The molecule has 2 aromatic heterocycles. The van der Waals surface area contributed by atoms with Crippen molar-refractivity contribution in [3.8, 4) is 11.4 Å². The molecule has 23 heavy (non-hydrogen) atoms. The zero-order valence-electron chi connectivity index (χ0n) is 12.3. The minimum atomic E-state index is -0.184. The summed E-state index contributed by atoms with van der Waals surface area (Å²) in [4.78, 5) is 18.8. The van der Waals surface area contributed by atoms with Crippen LogP contribution in [0.25, 0.3) is 11.4 Å². The molecule has 1 saturated heterocycles. The van der Waals surface area contributed by atoms with E-state index in [0.717, 1.165) is 18.4 Å². The summed E-state index contributed by atoms with van der Waals surface area (Å²) in [6.07, 6.45) is 3.29. The zero-order valence-corrected chi connectivity index (χ0v) is 12.3. The van der Waals surface area contributed by atoms with E-state index in [1.54, 1.807) is 17.2 Å². The summed E-state index contributed by atoms with van der Waals surface area (Å²) in [6.45, 7) is 0.672. The van der Waals surface area contributed by atoms with Crippen molar-refractivity contribution in [3.05, 3.63) is 54.2 Å². The SMILES string of the molecule is O=C(c1ccn[nH]1)N1CCC[C@H]1c1nc(-c2ccccc2)no1. The molecule has 0 radical (unpaired) electrons. The second kappa shape index (κ2) is 5.68. The lowest BCUT2D eigenvalue weighted by Gasteiger charge is -2.20. The summed E-state index contributed by atoms with van der Waals surface area (Å²) < 4.78 is 5.42. The summed E-state index contributed by atoms with van der Waals surface area (Å²) in [5, 5.41) is 10.6. The smallest absolute Gasteiger partial charge is 0.272 e. The molecule has 7 heteroatoms. The number of carbonyl (C=O) groups excluding carboxylic acids is 1. The number of aromatic nitrogens is 4. The molecule has 1 N–H and O–H groups in total. The Bertz CT molecular complexity index is 797. The summed E-state index contributed by atoms with van der Waals surface area (Å²) in [6, 6.07) is 11.1. The number of amides is 1. The molecule has 1 amide bonds. The van der Waals surface area contributed by atoms with Crippen molar-refractivity contribution < 1.29 is 9.32 Å². The van der Waals surface area contributed by atoms with Gasteiger partial charge in [-0.1, -0.05) is 35.5 Å². The first-order chi connectivity index (χ1) is 11.3. The molecule has 0 spiro atoms. The van der Waals surface area contributed by atoms with E-state index >= 15 is 0 Å². The van der Waals surface area contributed by atoms with Gasteiger partial charge >= 0.3 is 0 Å². The second-order valence-electron chi connectivity index (χ2n) is 5.45. The summed E-state index contributed by atoms with van der Waals surface area (Å²) in [5.41, 5.74) is 1.37. The molecule has 3 aromatic rings. The number of carbonyl (C=O) groups is 1. The van der Waals surface area contributed by atoms with E-state index in [2.05, 4.69) is 20.3 Å². The van der Waals surface area contributed by atoms with E-state index in [0.29, 0.717) is 24.0 Å². The minimum absolute atomic E-state index is 0.0931. The number of H-pyrrole nitrogens is 1. The number of likely N-dealkylation sites (tertiary alicyclic amines) is 1. The number of nitrogens with zero attached hydrogens (tertiary/aromatic N) is 4. The molecule has 1 aromatic carbocycles. The van der Waals surface area contributed by atoms with Crippen molar-refractivity contribution in [1.29, 1.82) is 0 Å². The number of rotatable bonds is 3. The molecule has 1 aliphatic heterocycles. The fraction of sp³-hybridized carbons (Fsp3) is 0.250. The van der Waals surface area contributed by atoms with Crippen LogP contribution in [0, 0.1) is 0 Å². The lowest BCUT2D eigenvalue weighted by atomic mass is 10.2. The third-order valence-electron chi connectivity index (χ3n) is 4.00. The Kier molecular flexibility index (Phi) is 3.38. The molecule has 7 nitrogen and oxygen atoms in total. The number of hydrogen-bond acceptors (Lipinski definition) is 5. The Hall–Kier alpha value is -2.96. The normalized spacial score (nSPS) is 17.6. The van der Waals surface area contributed by atoms with Gasteiger partial charge in [-0.05, 0) is 18.9 Å². The Morgan fingerprint density at radius 3 is 2.91 bits per heavy atom. The van der Waals surface area contributed by atoms with E-state index in [-0.39, 0.29) is 11.9 Å². The Morgan fingerprint density at radius 2 is 2.13 bits per heavy atom. The summed E-state index contributed by atoms with van der Waals surface area (Å²) in [5.74, 6) is 0.931. The molecule has 1 aliphatic rings. The minimum Gasteiger partial charge on any atom is -0.337 e. The Balaban J connectivity index is 1.60. The van der Waals surface area contributed by atoms with E-state index in [9.17, 15) is 4.79 Å². The Labute approximate surface area is 132 Å². The highest BCUT2D eigenvalue weighted by atomic mass is 16.5. The van der Waals surface area contributed by atoms with Crippen LogP contribution in [-0.4, -0.2) is 37.7 Å². The number of benzene rings is 1. The van der Waals surface area contributed by atoms with Crippen LogP contribution >= 0.6 is 0 Å². The van der Waals surface area contributed by atoms with E-state index < -0.39 is 0 Å². The molecule has 116 valence electrons. The van der Waals surface area contributed by atoms with Gasteiger partial charge in [0.2, 0.25) is 11.7 Å². The fourth-order valence-electron chi connectivity index (χ4n) is 2.87. The monoisotopic (exact) mass is 309 g/mol. The van der Waals surface area contributed by atoms with Crippen molar-refractivity contribution >= 4 is 5.91 Å². The van der Waals surface area contributed by atoms with Gasteiger partial charge in [0.25, 0.3) is 5.91 Å². The molecule has 0 unspecified atom stereocenters. The van der Waals surface area contributed by atoms with Crippen LogP contribution < -0.4 is 0 Å². The van der Waals surface area contributed by atoms with Crippen LogP contribution in [0.2, 0.25) is 0 Å². The number of nitrogens with one attached hydrogen (secondary N) is 1. The second-order valence-corrected chi connectivity index (χ2v) is 5.45. The number of hydrogen-bond donors (Lipinski definition) is 1. The van der Waals surface area contributed by atoms with Gasteiger partial charge in [0.15, 0.2) is 0 Å². The maximum Gasteiger partial charge on any atom is 0.272 e. The summed E-state index contributed by atoms with van der Waals surface area (Å²) in [7, 11) is 0. The molecular weight excluding hydrogens is 294 g/mol. The van der Waals surface area contributed by atoms with Gasteiger partial charge in [0.1, 0.15) is 11.7 Å². The van der Waals surface area contributed by atoms with Gasteiger partial charge in [-0.15, -0.1) is 0 Å². The average molecular weight is 309 g/mol. The van der Waals surface area contributed by atoms with Crippen molar-refractivity contribution in [1.82, 2.24) is 25.2 Å². The maximum atomic E-state index is 12.5. The molecule has 4 rings (SSSR count). The highest BCUT2D eigenvalue weighted by Gasteiger charge is 2.35. The van der Waals surface area contributed by atoms with Gasteiger partial charge in [-0.2, -0.15) is 10.1 Å². The van der Waals surface area contributed by atoms with Crippen molar-refractivity contribution in [2.24, 2.45) is 0 Å². The van der Waals surface area contributed by atoms with Gasteiger partial charge in [0.05, 0.1) is 0 Å². The van der Waals surface area contributed by atoms with Crippen LogP contribution in [-0.2, 0) is 0 Å². The first-order valence-electron chi connectivity index (χ1n) is 7.52. The van der Waals surface area contributed by atoms with Crippen LogP contribution in [0.5, 0.6) is 0 Å². The first-order valence-corrected chi connectivity index (χ1v) is 7.52. The average Bonchev–Trinajstić information content (AvgIpc) is 3.35. The van der Waals surface area contributed by atoms with Gasteiger partial charge < -0.3 is 9.42 Å². The summed E-state index contributed by atoms with van der Waals surface area (Å²) >= 11 is 0. The zero-order chi connectivity index (χ0) is 15.6. The molecule has 3 heterocycles. The lowest BCUT2D eigenvalue weighted by Crippen LogP contribution is -2.31. The first kappa shape index (κ1) is 13.7. The van der Waals surface area contributed by atoms with Crippen molar-refractivity contribution in [3.63, 3.8) is 0 Å². The van der Waals surface area contributed by atoms with Gasteiger partial charge in [0, 0.05) is 18.3 Å². The van der Waals surface area contributed by atoms with E-state index in [1.807, 2.05) is 30.3 Å². The standard InChI is InChI=1S/C16H15N5O2/c22-16(12-8-9-17-19-12)21-10-4-7-13(21)15-18-14(20-23-15)11-5-2-1-3-6-11/h1-3,5-6,8-9,13H,4,7,10H2,(H,17,19)/t13-/m0/s1. The maximum absolute atomic E-state index is 12.5. The molecule has 0 aliphatic carbocycles. The molecular formula is C16H15N5O2. The van der Waals surface area contributed by atoms with Gasteiger partial charge in [-0.3, -0.25) is 9.89 Å². The Morgan fingerprint density at radius 1 is 1.26 bits per heavy atom. The quantitative estimate of drug-likeness (QED) is 0.803.